The monoisotopic (exact) mass is 530 g/mol. The van der Waals surface area contributed by atoms with Gasteiger partial charge in [0.15, 0.2) is 0 Å². The lowest BCUT2D eigenvalue weighted by molar-refractivity contribution is 0.365. The molecule has 8 heteroatoms. The molecular weight excluding hydrogens is 476 g/mol. The Morgan fingerprint density at radius 1 is 0.368 bits per heavy atom. The van der Waals surface area contributed by atoms with Crippen molar-refractivity contribution in [2.75, 3.05) is 84.6 Å². The molecular formula is C30H54N6O2. The highest BCUT2D eigenvalue weighted by atomic mass is 16.3. The van der Waals surface area contributed by atoms with Crippen LogP contribution in [-0.4, -0.2) is 124 Å². The first kappa shape index (κ1) is 33.8. The van der Waals surface area contributed by atoms with Gasteiger partial charge in [0, 0.05) is 61.5 Å². The Bertz CT molecular complexity index is 845. The summed E-state index contributed by atoms with van der Waals surface area (Å²) in [6, 6.07) is 8.42. The molecule has 0 amide bonds. The molecule has 0 atom stereocenters. The molecule has 38 heavy (non-hydrogen) atoms. The van der Waals surface area contributed by atoms with Crippen molar-refractivity contribution in [3.8, 4) is 11.5 Å². The van der Waals surface area contributed by atoms with Crippen molar-refractivity contribution in [3.63, 3.8) is 0 Å². The topological polar surface area (TPSA) is 59.9 Å². The summed E-state index contributed by atoms with van der Waals surface area (Å²) in [5, 5.41) is 20.8. The van der Waals surface area contributed by atoms with E-state index in [2.05, 4.69) is 81.9 Å². The van der Waals surface area contributed by atoms with Crippen LogP contribution in [0.25, 0.3) is 0 Å². The molecule has 0 aliphatic carbocycles. The van der Waals surface area contributed by atoms with Gasteiger partial charge in [-0.3, -0.25) is 0 Å². The van der Waals surface area contributed by atoms with Crippen LogP contribution in [0.3, 0.4) is 0 Å². The van der Waals surface area contributed by atoms with Crippen LogP contribution >= 0.6 is 0 Å². The fourth-order valence-corrected chi connectivity index (χ4v) is 4.42. The fraction of sp³-hybridized carbons (Fsp3) is 0.600. The van der Waals surface area contributed by atoms with E-state index >= 15 is 0 Å². The number of phenols is 2. The Labute approximate surface area is 232 Å². The standard InChI is InChI=1S/2C15H27N3O/c2*1-16(2)9-12-7-13(10-17(3)4)15(19)14(8-12)11-18(5)6/h2*7-8,19H,9-11H2,1-6H3. The van der Waals surface area contributed by atoms with Gasteiger partial charge < -0.3 is 39.6 Å². The Morgan fingerprint density at radius 3 is 0.711 bits per heavy atom. The lowest BCUT2D eigenvalue weighted by Gasteiger charge is -2.19. The van der Waals surface area contributed by atoms with Gasteiger partial charge in [0.2, 0.25) is 0 Å². The van der Waals surface area contributed by atoms with Gasteiger partial charge in [-0.1, -0.05) is 0 Å². The maximum absolute atomic E-state index is 10.4. The molecule has 0 radical (unpaired) electrons. The summed E-state index contributed by atoms with van der Waals surface area (Å²) in [4.78, 5) is 12.6. The van der Waals surface area contributed by atoms with Gasteiger partial charge in [0.05, 0.1) is 0 Å². The van der Waals surface area contributed by atoms with Gasteiger partial charge in [-0.05, 0) is 120 Å². The zero-order chi connectivity index (χ0) is 29.2. The highest BCUT2D eigenvalue weighted by Gasteiger charge is 2.13. The molecule has 0 saturated heterocycles. The van der Waals surface area contributed by atoms with Crippen molar-refractivity contribution < 1.29 is 10.2 Å². The number of benzene rings is 2. The summed E-state index contributed by atoms with van der Waals surface area (Å²) in [5.74, 6) is 0.870. The highest BCUT2D eigenvalue weighted by Crippen LogP contribution is 2.28. The van der Waals surface area contributed by atoms with Gasteiger partial charge in [-0.25, -0.2) is 0 Å². The second-order valence-electron chi connectivity index (χ2n) is 12.0. The molecule has 2 rings (SSSR count). The number of aromatic hydroxyl groups is 2. The van der Waals surface area contributed by atoms with Crippen LogP contribution in [-0.2, 0) is 39.3 Å². The van der Waals surface area contributed by atoms with Crippen LogP contribution in [0.1, 0.15) is 33.4 Å². The van der Waals surface area contributed by atoms with Crippen LogP contribution in [0.4, 0.5) is 0 Å². The van der Waals surface area contributed by atoms with E-state index in [1.54, 1.807) is 0 Å². The summed E-state index contributed by atoms with van der Waals surface area (Å²) < 4.78 is 0. The molecule has 0 bridgehead atoms. The number of rotatable bonds is 12. The van der Waals surface area contributed by atoms with Crippen LogP contribution in [0.2, 0.25) is 0 Å². The number of nitrogens with zero attached hydrogens (tertiary/aromatic N) is 6. The van der Waals surface area contributed by atoms with Crippen LogP contribution in [0.15, 0.2) is 24.3 Å². The summed E-state index contributed by atoms with van der Waals surface area (Å²) >= 11 is 0. The average Bonchev–Trinajstić information content (AvgIpc) is 2.73. The second kappa shape index (κ2) is 16.0. The summed E-state index contributed by atoms with van der Waals surface area (Å²) in [6.07, 6.45) is 0. The van der Waals surface area contributed by atoms with E-state index in [-0.39, 0.29) is 0 Å². The molecule has 2 aromatic rings. The van der Waals surface area contributed by atoms with Gasteiger partial charge in [0.25, 0.3) is 0 Å². The first-order valence-electron chi connectivity index (χ1n) is 13.1. The molecule has 0 fully saturated rings. The molecule has 0 heterocycles. The Hall–Kier alpha value is -2.20. The third-order valence-corrected chi connectivity index (χ3v) is 5.60. The SMILES string of the molecule is CN(C)Cc1cc(CN(C)C)c(O)c(CN(C)C)c1.CN(C)Cc1cc(CN(C)C)c(O)c(CN(C)C)c1. The predicted octanol–water partition coefficient (Wildman–Crippen LogP) is 3.15. The van der Waals surface area contributed by atoms with E-state index in [0.29, 0.717) is 11.5 Å². The molecule has 0 aliphatic rings. The molecule has 0 saturated carbocycles. The maximum Gasteiger partial charge on any atom is 0.124 e. The molecule has 0 spiro atoms. The third kappa shape index (κ3) is 12.6. The van der Waals surface area contributed by atoms with E-state index in [0.717, 1.165) is 61.5 Å². The molecule has 8 nitrogen and oxygen atoms in total. The molecule has 0 unspecified atom stereocenters. The van der Waals surface area contributed by atoms with Crippen molar-refractivity contribution in [2.45, 2.75) is 39.3 Å². The summed E-state index contributed by atoms with van der Waals surface area (Å²) in [7, 11) is 24.4. The van der Waals surface area contributed by atoms with E-state index in [1.807, 2.05) is 56.4 Å². The van der Waals surface area contributed by atoms with E-state index in [1.165, 1.54) is 11.1 Å². The second-order valence-corrected chi connectivity index (χ2v) is 12.0. The van der Waals surface area contributed by atoms with Crippen LogP contribution in [0, 0.1) is 0 Å². The number of hydrogen-bond acceptors (Lipinski definition) is 8. The van der Waals surface area contributed by atoms with Crippen molar-refractivity contribution in [3.05, 3.63) is 57.6 Å². The largest absolute Gasteiger partial charge is 0.507 e. The Morgan fingerprint density at radius 2 is 0.553 bits per heavy atom. The van der Waals surface area contributed by atoms with Crippen LogP contribution in [0.5, 0.6) is 11.5 Å². The van der Waals surface area contributed by atoms with Crippen molar-refractivity contribution in [1.82, 2.24) is 29.4 Å². The first-order valence-corrected chi connectivity index (χ1v) is 13.1. The Balaban J connectivity index is 0.000000380. The van der Waals surface area contributed by atoms with Crippen molar-refractivity contribution in [2.24, 2.45) is 0 Å². The summed E-state index contributed by atoms with van der Waals surface area (Å²) in [5.41, 5.74) is 6.50. The molecule has 0 aromatic heterocycles. The van der Waals surface area contributed by atoms with Crippen molar-refractivity contribution >= 4 is 0 Å². The van der Waals surface area contributed by atoms with Gasteiger partial charge in [-0.2, -0.15) is 0 Å². The normalized spacial score (nSPS) is 11.8. The molecule has 216 valence electrons. The average molecular weight is 531 g/mol. The zero-order valence-corrected chi connectivity index (χ0v) is 26.1. The highest BCUT2D eigenvalue weighted by molar-refractivity contribution is 5.44. The van der Waals surface area contributed by atoms with Gasteiger partial charge >= 0.3 is 0 Å². The third-order valence-electron chi connectivity index (χ3n) is 5.60. The maximum atomic E-state index is 10.4. The minimum atomic E-state index is 0.435. The Kier molecular flexibility index (Phi) is 14.3. The molecule has 2 N–H and O–H groups in total. The number of hydrogen-bond donors (Lipinski definition) is 2. The number of phenolic OH excluding ortho intramolecular Hbond substituents is 2. The summed E-state index contributed by atoms with van der Waals surface area (Å²) in [6.45, 7) is 4.81. The lowest BCUT2D eigenvalue weighted by Crippen LogP contribution is -2.16. The van der Waals surface area contributed by atoms with E-state index < -0.39 is 0 Å². The smallest absolute Gasteiger partial charge is 0.124 e. The minimum Gasteiger partial charge on any atom is -0.507 e. The quantitative estimate of drug-likeness (QED) is 0.434. The first-order chi connectivity index (χ1) is 17.6. The molecule has 2 aromatic carbocycles. The molecule has 0 aliphatic heterocycles. The van der Waals surface area contributed by atoms with E-state index in [4.69, 9.17) is 0 Å². The zero-order valence-electron chi connectivity index (χ0n) is 26.1. The van der Waals surface area contributed by atoms with Crippen LogP contribution < -0.4 is 0 Å². The van der Waals surface area contributed by atoms with E-state index in [9.17, 15) is 10.2 Å². The van der Waals surface area contributed by atoms with Gasteiger partial charge in [-0.15, -0.1) is 0 Å². The minimum absolute atomic E-state index is 0.435. The van der Waals surface area contributed by atoms with Crippen molar-refractivity contribution in [1.29, 1.82) is 0 Å². The lowest BCUT2D eigenvalue weighted by atomic mass is 10.0. The fourth-order valence-electron chi connectivity index (χ4n) is 4.42. The predicted molar refractivity (Wildman–Crippen MR) is 161 cm³/mol. The van der Waals surface area contributed by atoms with Gasteiger partial charge in [0.1, 0.15) is 11.5 Å².